The number of aromatic nitrogens is 2. The smallest absolute Gasteiger partial charge is 0.435 e. The van der Waals surface area contributed by atoms with Crippen LogP contribution in [-0.2, 0) is 17.5 Å². The van der Waals surface area contributed by atoms with Crippen molar-refractivity contribution in [2.24, 2.45) is 5.92 Å². The Bertz CT molecular complexity index is 2020. The molecule has 3 N–H and O–H groups in total. The number of halogens is 3. The predicted molar refractivity (Wildman–Crippen MR) is 195 cm³/mol. The molecule has 1 aliphatic rings. The van der Waals surface area contributed by atoms with Crippen LogP contribution < -0.4 is 16.0 Å². The first kappa shape index (κ1) is 36.4. The van der Waals surface area contributed by atoms with E-state index in [9.17, 15) is 22.8 Å². The van der Waals surface area contributed by atoms with Gasteiger partial charge in [0.2, 0.25) is 0 Å². The molecule has 2 atom stereocenters. The molecule has 52 heavy (non-hydrogen) atoms. The summed E-state index contributed by atoms with van der Waals surface area (Å²) in [7, 11) is 0. The topological polar surface area (TPSA) is 97.3 Å². The van der Waals surface area contributed by atoms with Crippen molar-refractivity contribution < 1.29 is 27.5 Å². The van der Waals surface area contributed by atoms with Crippen molar-refractivity contribution in [3.05, 3.63) is 137 Å². The summed E-state index contributed by atoms with van der Waals surface area (Å²) in [5, 5.41) is 13.0. The summed E-state index contributed by atoms with van der Waals surface area (Å²) in [6.45, 7) is 7.44. The Labute approximate surface area is 301 Å². The lowest BCUT2D eigenvalue weighted by atomic mass is 9.94. The van der Waals surface area contributed by atoms with Crippen LogP contribution in [-0.4, -0.2) is 33.4 Å². The van der Waals surface area contributed by atoms with Crippen LogP contribution in [0.1, 0.15) is 79.5 Å². The summed E-state index contributed by atoms with van der Waals surface area (Å²) in [6, 6.07) is 33.0. The highest BCUT2D eigenvalue weighted by Crippen LogP contribution is 2.36. The molecule has 0 aliphatic heterocycles. The van der Waals surface area contributed by atoms with Gasteiger partial charge in [0.05, 0.1) is 11.7 Å². The van der Waals surface area contributed by atoms with E-state index in [1.54, 1.807) is 51.1 Å². The zero-order valence-corrected chi connectivity index (χ0v) is 29.5. The van der Waals surface area contributed by atoms with E-state index in [0.29, 0.717) is 17.2 Å². The van der Waals surface area contributed by atoms with E-state index < -0.39 is 29.5 Å². The van der Waals surface area contributed by atoms with Gasteiger partial charge in [-0.25, -0.2) is 9.48 Å². The Hall–Kier alpha value is -5.42. The van der Waals surface area contributed by atoms with Crippen LogP contribution in [0.3, 0.4) is 0 Å². The number of benzene rings is 4. The van der Waals surface area contributed by atoms with Crippen molar-refractivity contribution in [1.29, 1.82) is 0 Å². The van der Waals surface area contributed by atoms with Crippen LogP contribution in [0.2, 0.25) is 0 Å². The molecule has 0 radical (unpaired) electrons. The molecule has 1 heterocycles. The van der Waals surface area contributed by atoms with Crippen LogP contribution in [0.5, 0.6) is 0 Å². The number of carbonyl (C=O) groups is 2. The fourth-order valence-corrected chi connectivity index (χ4v) is 6.03. The van der Waals surface area contributed by atoms with Gasteiger partial charge in [-0.3, -0.25) is 4.79 Å². The molecule has 0 spiro atoms. The zero-order valence-electron chi connectivity index (χ0n) is 29.5. The quantitative estimate of drug-likeness (QED) is 0.127. The van der Waals surface area contributed by atoms with E-state index in [1.807, 2.05) is 36.4 Å². The summed E-state index contributed by atoms with van der Waals surface area (Å²) < 4.78 is 48.0. The molecule has 1 aromatic heterocycles. The van der Waals surface area contributed by atoms with Crippen molar-refractivity contribution in [2.75, 3.05) is 5.32 Å². The molecule has 0 saturated heterocycles. The number of nitrogens with one attached hydrogen (secondary N) is 3. The van der Waals surface area contributed by atoms with Gasteiger partial charge in [0.1, 0.15) is 11.3 Å². The summed E-state index contributed by atoms with van der Waals surface area (Å²) in [6.07, 6.45) is -3.09. The van der Waals surface area contributed by atoms with E-state index in [0.717, 1.165) is 33.0 Å². The van der Waals surface area contributed by atoms with Crippen molar-refractivity contribution >= 4 is 17.7 Å². The second kappa shape index (κ2) is 15.1. The Balaban J connectivity index is 1.26. The van der Waals surface area contributed by atoms with E-state index in [1.165, 1.54) is 12.8 Å². The molecule has 4 aromatic carbocycles. The number of ether oxygens (including phenoxy) is 1. The third-order valence-corrected chi connectivity index (χ3v) is 8.81. The van der Waals surface area contributed by atoms with Crippen LogP contribution in [0.15, 0.2) is 109 Å². The summed E-state index contributed by atoms with van der Waals surface area (Å²) >= 11 is 0. The summed E-state index contributed by atoms with van der Waals surface area (Å²) in [5.41, 5.74) is 3.16. The van der Waals surface area contributed by atoms with Crippen LogP contribution in [0, 0.1) is 5.92 Å². The number of carbonyl (C=O) groups excluding carboxylic acids is 2. The van der Waals surface area contributed by atoms with Crippen molar-refractivity contribution in [1.82, 2.24) is 20.4 Å². The minimum Gasteiger partial charge on any atom is -0.444 e. The van der Waals surface area contributed by atoms with Gasteiger partial charge in [0.15, 0.2) is 5.69 Å². The van der Waals surface area contributed by atoms with Gasteiger partial charge in [0, 0.05) is 24.3 Å². The van der Waals surface area contributed by atoms with Crippen LogP contribution in [0.25, 0.3) is 16.8 Å². The van der Waals surface area contributed by atoms with E-state index in [4.69, 9.17) is 4.74 Å². The standard InChI is InChI=1S/C41H42F3N5O3/c1-26(28-16-17-28)46-37(31-20-18-30(19-21-31)29-11-6-5-7-12-29)32-13-9-14-33(23-32)47-38(50)35-24-36(41(42,43)44)48-49(35)34-15-8-10-27(22-34)25-45-39(51)52-40(2,3)4/h5-15,18-24,26,28,37,46H,16-17,25H2,1-4H3,(H,45,51)(H,47,50). The van der Waals surface area contributed by atoms with Gasteiger partial charge in [-0.1, -0.05) is 78.9 Å². The molecule has 11 heteroatoms. The minimum absolute atomic E-state index is 0.0496. The first-order chi connectivity index (χ1) is 24.7. The first-order valence-corrected chi connectivity index (χ1v) is 17.3. The number of amides is 2. The number of hydrogen-bond acceptors (Lipinski definition) is 5. The molecule has 5 aromatic rings. The Morgan fingerprint density at radius 3 is 2.21 bits per heavy atom. The molecule has 6 rings (SSSR count). The monoisotopic (exact) mass is 709 g/mol. The molecule has 1 aliphatic carbocycles. The van der Waals surface area contributed by atoms with Crippen molar-refractivity contribution in [3.63, 3.8) is 0 Å². The number of rotatable bonds is 11. The molecular weight excluding hydrogens is 667 g/mol. The molecule has 0 bridgehead atoms. The SMILES string of the molecule is CC(NC(c1ccc(-c2ccccc2)cc1)c1cccc(NC(=O)c2cc(C(F)(F)F)nn2-c2cccc(CNC(=O)OC(C)(C)C)c2)c1)C1CC1. The Morgan fingerprint density at radius 1 is 0.846 bits per heavy atom. The maximum absolute atomic E-state index is 13.9. The van der Waals surface area contributed by atoms with Crippen molar-refractivity contribution in [2.45, 2.75) is 70.9 Å². The van der Waals surface area contributed by atoms with Gasteiger partial charge in [0.25, 0.3) is 5.91 Å². The van der Waals surface area contributed by atoms with Gasteiger partial charge in [-0.15, -0.1) is 0 Å². The molecule has 1 fully saturated rings. The Morgan fingerprint density at radius 2 is 1.54 bits per heavy atom. The molecule has 1 saturated carbocycles. The highest BCUT2D eigenvalue weighted by Gasteiger charge is 2.36. The average molecular weight is 710 g/mol. The molecular formula is C41H42F3N5O3. The molecule has 8 nitrogen and oxygen atoms in total. The van der Waals surface area contributed by atoms with E-state index in [-0.39, 0.29) is 30.0 Å². The second-order valence-corrected chi connectivity index (χ2v) is 14.1. The highest BCUT2D eigenvalue weighted by atomic mass is 19.4. The lowest BCUT2D eigenvalue weighted by Crippen LogP contribution is -2.32. The van der Waals surface area contributed by atoms with Crippen LogP contribution in [0.4, 0.5) is 23.7 Å². The second-order valence-electron chi connectivity index (χ2n) is 14.1. The molecule has 2 amide bonds. The number of nitrogens with zero attached hydrogens (tertiary/aromatic N) is 2. The minimum atomic E-state index is -4.79. The highest BCUT2D eigenvalue weighted by molar-refractivity contribution is 6.03. The van der Waals surface area contributed by atoms with Gasteiger partial charge >= 0.3 is 12.3 Å². The predicted octanol–water partition coefficient (Wildman–Crippen LogP) is 9.31. The van der Waals surface area contributed by atoms with E-state index >= 15 is 0 Å². The van der Waals surface area contributed by atoms with Crippen LogP contribution >= 0.6 is 0 Å². The zero-order chi connectivity index (χ0) is 37.0. The maximum Gasteiger partial charge on any atom is 0.435 e. The summed E-state index contributed by atoms with van der Waals surface area (Å²) in [4.78, 5) is 25.9. The molecule has 2 unspecified atom stereocenters. The van der Waals surface area contributed by atoms with Crippen molar-refractivity contribution in [3.8, 4) is 16.8 Å². The average Bonchev–Trinajstić information content (AvgIpc) is 3.86. The fraction of sp³-hybridized carbons (Fsp3) is 0.293. The normalized spacial score (nSPS) is 14.4. The van der Waals surface area contributed by atoms with Gasteiger partial charge in [-0.2, -0.15) is 18.3 Å². The van der Waals surface area contributed by atoms with Gasteiger partial charge in [-0.05, 0) is 98.5 Å². The number of alkyl carbamates (subject to hydrolysis) is 1. The maximum atomic E-state index is 13.9. The third kappa shape index (κ3) is 9.27. The first-order valence-electron chi connectivity index (χ1n) is 17.3. The number of alkyl halides is 3. The number of anilines is 1. The lowest BCUT2D eigenvalue weighted by molar-refractivity contribution is -0.141. The number of hydrogen-bond donors (Lipinski definition) is 3. The van der Waals surface area contributed by atoms with Gasteiger partial charge < -0.3 is 20.7 Å². The lowest BCUT2D eigenvalue weighted by Gasteiger charge is -2.25. The largest absolute Gasteiger partial charge is 0.444 e. The fourth-order valence-electron chi connectivity index (χ4n) is 6.03. The Kier molecular flexibility index (Phi) is 10.5. The van der Waals surface area contributed by atoms with E-state index in [2.05, 4.69) is 64.4 Å². The summed E-state index contributed by atoms with van der Waals surface area (Å²) in [5.74, 6) is -0.177. The molecule has 270 valence electrons. The third-order valence-electron chi connectivity index (χ3n) is 8.81.